The molecule has 1 rings (SSSR count). The lowest BCUT2D eigenvalue weighted by atomic mass is 9.99. The van der Waals surface area contributed by atoms with Gasteiger partial charge in [0.15, 0.2) is 6.29 Å². The molecule has 1 aliphatic rings. The number of rotatable bonds is 42. The Balaban J connectivity index is 2.19. The lowest BCUT2D eigenvalue weighted by Gasteiger charge is -2.40. The van der Waals surface area contributed by atoms with Gasteiger partial charge in [0.1, 0.15) is 24.4 Å². The molecule has 64 heavy (non-hydrogen) atoms. The first-order valence-corrected chi connectivity index (χ1v) is 25.6. The van der Waals surface area contributed by atoms with E-state index in [1.165, 1.54) is 83.5 Å². The Kier molecular flexibility index (Phi) is 39.9. The van der Waals surface area contributed by atoms with Crippen LogP contribution < -0.4 is 5.32 Å². The van der Waals surface area contributed by atoms with Gasteiger partial charge in [-0.1, -0.05) is 171 Å². The van der Waals surface area contributed by atoms with Crippen molar-refractivity contribution in [1.82, 2.24) is 5.32 Å². The summed E-state index contributed by atoms with van der Waals surface area (Å²) in [5.41, 5.74) is 0. The number of amides is 1. The largest absolute Gasteiger partial charge is 0.466 e. The lowest BCUT2D eigenvalue weighted by Crippen LogP contribution is -2.60. The van der Waals surface area contributed by atoms with Crippen LogP contribution in [0.5, 0.6) is 0 Å². The van der Waals surface area contributed by atoms with Crippen LogP contribution in [0.2, 0.25) is 0 Å². The highest BCUT2D eigenvalue weighted by molar-refractivity contribution is 5.76. The molecule has 6 N–H and O–H groups in total. The molecule has 11 heteroatoms. The minimum Gasteiger partial charge on any atom is -0.466 e. The van der Waals surface area contributed by atoms with Gasteiger partial charge in [-0.25, -0.2) is 0 Å². The zero-order valence-electron chi connectivity index (χ0n) is 40.2. The molecule has 1 aliphatic heterocycles. The number of unbranched alkanes of at least 4 members (excludes halogenated alkanes) is 20. The van der Waals surface area contributed by atoms with Crippen LogP contribution in [0, 0.1) is 0 Å². The summed E-state index contributed by atoms with van der Waals surface area (Å²) in [6, 6.07) is -0.854. The highest BCUT2D eigenvalue weighted by Crippen LogP contribution is 2.22. The number of hydrogen-bond donors (Lipinski definition) is 6. The van der Waals surface area contributed by atoms with Crippen molar-refractivity contribution in [1.29, 1.82) is 0 Å². The molecule has 0 spiro atoms. The van der Waals surface area contributed by atoms with Crippen LogP contribution in [0.25, 0.3) is 0 Å². The van der Waals surface area contributed by atoms with Crippen molar-refractivity contribution in [2.24, 2.45) is 0 Å². The molecule has 1 saturated heterocycles. The Labute approximate surface area is 388 Å². The van der Waals surface area contributed by atoms with Crippen LogP contribution in [0.3, 0.4) is 0 Å². The van der Waals surface area contributed by atoms with E-state index in [0.717, 1.165) is 83.5 Å². The Morgan fingerprint density at radius 2 is 1.08 bits per heavy atom. The van der Waals surface area contributed by atoms with Gasteiger partial charge >= 0.3 is 5.97 Å². The standard InChI is InChI=1S/C53H93NO10/c1-3-5-7-9-11-13-14-15-18-21-25-29-33-37-41-49(58)62-42-38-34-30-26-22-19-16-17-20-24-28-32-36-40-48(57)54-45(46(56)39-35-31-27-23-12-10-8-6-4-2)44-63-53-52(61)51(60)50(59)47(43-55)64-53/h9,11,14-15,17,20,28,32,35,39,45-47,50-53,55-56,59-61H,3-8,10,12-13,16,18-19,21-27,29-31,33-34,36-38,40-44H2,1-2H3,(H,54,57)/b11-9-,15-14-,20-17-,32-28-,39-35+. The molecule has 7 unspecified atom stereocenters. The summed E-state index contributed by atoms with van der Waals surface area (Å²) < 4.78 is 16.6. The summed E-state index contributed by atoms with van der Waals surface area (Å²) in [4.78, 5) is 25.0. The molecule has 370 valence electrons. The van der Waals surface area contributed by atoms with E-state index in [4.69, 9.17) is 14.2 Å². The molecule has 0 bridgehead atoms. The number of allylic oxidation sites excluding steroid dienone is 9. The molecular weight excluding hydrogens is 811 g/mol. The summed E-state index contributed by atoms with van der Waals surface area (Å²) in [7, 11) is 0. The van der Waals surface area contributed by atoms with Crippen LogP contribution in [-0.2, 0) is 23.8 Å². The van der Waals surface area contributed by atoms with E-state index in [1.807, 2.05) is 18.2 Å². The number of aliphatic hydroxyl groups excluding tert-OH is 5. The smallest absolute Gasteiger partial charge is 0.305 e. The molecule has 1 fully saturated rings. The van der Waals surface area contributed by atoms with Crippen LogP contribution in [0.1, 0.15) is 200 Å². The molecule has 0 aromatic carbocycles. The maximum Gasteiger partial charge on any atom is 0.305 e. The van der Waals surface area contributed by atoms with Crippen LogP contribution >= 0.6 is 0 Å². The van der Waals surface area contributed by atoms with E-state index >= 15 is 0 Å². The van der Waals surface area contributed by atoms with Gasteiger partial charge in [0.25, 0.3) is 0 Å². The van der Waals surface area contributed by atoms with Crippen LogP contribution in [-0.4, -0.2) is 100 Å². The number of esters is 1. The third kappa shape index (κ3) is 32.9. The van der Waals surface area contributed by atoms with Crippen molar-refractivity contribution < 1.29 is 49.3 Å². The molecular formula is C53H93NO10. The van der Waals surface area contributed by atoms with E-state index in [0.29, 0.717) is 19.4 Å². The van der Waals surface area contributed by atoms with Crippen LogP contribution in [0.4, 0.5) is 0 Å². The maximum atomic E-state index is 12.9. The highest BCUT2D eigenvalue weighted by atomic mass is 16.7. The van der Waals surface area contributed by atoms with Crippen LogP contribution in [0.15, 0.2) is 60.8 Å². The van der Waals surface area contributed by atoms with E-state index in [-0.39, 0.29) is 24.9 Å². The average molecular weight is 904 g/mol. The van der Waals surface area contributed by atoms with Crippen molar-refractivity contribution >= 4 is 11.9 Å². The Morgan fingerprint density at radius 3 is 1.66 bits per heavy atom. The molecule has 0 radical (unpaired) electrons. The predicted molar refractivity (Wildman–Crippen MR) is 260 cm³/mol. The molecule has 0 aliphatic carbocycles. The van der Waals surface area contributed by atoms with Crippen molar-refractivity contribution in [3.05, 3.63) is 60.8 Å². The molecule has 11 nitrogen and oxygen atoms in total. The number of aliphatic hydroxyl groups is 5. The maximum absolute atomic E-state index is 12.9. The van der Waals surface area contributed by atoms with Gasteiger partial charge in [-0.2, -0.15) is 0 Å². The first kappa shape index (κ1) is 59.4. The highest BCUT2D eigenvalue weighted by Gasteiger charge is 2.44. The van der Waals surface area contributed by atoms with Gasteiger partial charge in [-0.3, -0.25) is 9.59 Å². The monoisotopic (exact) mass is 904 g/mol. The Hall–Kier alpha value is -2.64. The van der Waals surface area contributed by atoms with E-state index in [2.05, 4.69) is 55.6 Å². The zero-order valence-corrected chi connectivity index (χ0v) is 40.2. The minimum atomic E-state index is -1.59. The van der Waals surface area contributed by atoms with E-state index in [1.54, 1.807) is 6.08 Å². The average Bonchev–Trinajstić information content (AvgIpc) is 3.29. The Morgan fingerprint density at radius 1 is 0.578 bits per heavy atom. The van der Waals surface area contributed by atoms with Crippen molar-refractivity contribution in [2.75, 3.05) is 19.8 Å². The SMILES string of the molecule is CCCC/C=C\C/C=C\CCCCCCCC(=O)OCCCCCCCC/C=C\C/C=C\CCC(=O)NC(COC1OC(CO)C(O)C(O)C1O)C(O)/C=C/CCCCCCCCC. The summed E-state index contributed by atoms with van der Waals surface area (Å²) in [5.74, 6) is -0.323. The quantitative estimate of drug-likeness (QED) is 0.0197. The number of ether oxygens (including phenoxy) is 3. The first-order chi connectivity index (χ1) is 31.2. The molecule has 0 aromatic heterocycles. The van der Waals surface area contributed by atoms with Gasteiger partial charge < -0.3 is 45.1 Å². The van der Waals surface area contributed by atoms with Gasteiger partial charge in [0.2, 0.25) is 5.91 Å². The number of carbonyl (C=O) groups excluding carboxylic acids is 2. The number of nitrogens with one attached hydrogen (secondary N) is 1. The fourth-order valence-electron chi connectivity index (χ4n) is 7.44. The summed E-state index contributed by atoms with van der Waals surface area (Å²) in [5, 5.41) is 54.0. The van der Waals surface area contributed by atoms with Crippen molar-refractivity contribution in [3.8, 4) is 0 Å². The van der Waals surface area contributed by atoms with E-state index in [9.17, 15) is 35.1 Å². The summed E-state index contributed by atoms with van der Waals surface area (Å²) >= 11 is 0. The lowest BCUT2D eigenvalue weighted by molar-refractivity contribution is -0.302. The number of hydrogen-bond acceptors (Lipinski definition) is 10. The number of carbonyl (C=O) groups is 2. The second-order valence-electron chi connectivity index (χ2n) is 17.5. The van der Waals surface area contributed by atoms with Gasteiger partial charge in [-0.05, 0) is 77.0 Å². The van der Waals surface area contributed by atoms with Crippen molar-refractivity contribution in [2.45, 2.75) is 243 Å². The zero-order chi connectivity index (χ0) is 46.7. The predicted octanol–water partition coefficient (Wildman–Crippen LogP) is 10.3. The van der Waals surface area contributed by atoms with Gasteiger partial charge in [0.05, 0.1) is 32.0 Å². The molecule has 7 atom stereocenters. The third-order valence-corrected chi connectivity index (χ3v) is 11.6. The molecule has 1 heterocycles. The summed E-state index contributed by atoms with van der Waals surface area (Å²) in [6.07, 6.45) is 43.2. The fraction of sp³-hybridized carbons (Fsp3) is 0.774. The molecule has 0 aromatic rings. The second kappa shape index (κ2) is 43.0. The molecule has 1 amide bonds. The van der Waals surface area contributed by atoms with Crippen molar-refractivity contribution in [3.63, 3.8) is 0 Å². The second-order valence-corrected chi connectivity index (χ2v) is 17.5. The van der Waals surface area contributed by atoms with Gasteiger partial charge in [-0.15, -0.1) is 0 Å². The molecule has 0 saturated carbocycles. The van der Waals surface area contributed by atoms with E-state index < -0.39 is 49.5 Å². The Bertz CT molecular complexity index is 1250. The topological polar surface area (TPSA) is 175 Å². The third-order valence-electron chi connectivity index (χ3n) is 11.6. The van der Waals surface area contributed by atoms with Gasteiger partial charge in [0, 0.05) is 12.8 Å². The summed E-state index contributed by atoms with van der Waals surface area (Å²) in [6.45, 7) is 4.14. The normalized spacial score (nSPS) is 20.4. The minimum absolute atomic E-state index is 0.0555. The first-order valence-electron chi connectivity index (χ1n) is 25.6. The fourth-order valence-corrected chi connectivity index (χ4v) is 7.44.